The third-order valence-electron chi connectivity index (χ3n) is 4.70. The van der Waals surface area contributed by atoms with Crippen LogP contribution in [-0.4, -0.2) is 11.5 Å². The van der Waals surface area contributed by atoms with Crippen molar-refractivity contribution in [2.24, 2.45) is 0 Å². The van der Waals surface area contributed by atoms with Crippen molar-refractivity contribution < 1.29 is 0 Å². The summed E-state index contributed by atoms with van der Waals surface area (Å²) in [5.74, 6) is 4.68. The van der Waals surface area contributed by atoms with E-state index < -0.39 is 5.31 Å². The monoisotopic (exact) mass is 488 g/mol. The maximum atomic E-state index is 4.49. The Hall–Kier alpha value is -0.990. The van der Waals surface area contributed by atoms with E-state index >= 15 is 0 Å². The van der Waals surface area contributed by atoms with E-state index in [-0.39, 0.29) is 0 Å². The van der Waals surface area contributed by atoms with Crippen LogP contribution in [0.25, 0.3) is 0 Å². The number of halogens is 1. The summed E-state index contributed by atoms with van der Waals surface area (Å²) in [5.41, 5.74) is 0. The number of benzene rings is 3. The molecule has 0 spiro atoms. The van der Waals surface area contributed by atoms with Crippen LogP contribution in [0.15, 0.2) is 101 Å². The second-order valence-corrected chi connectivity index (χ2v) is 17.6. The van der Waals surface area contributed by atoms with Crippen LogP contribution in [0, 0.1) is 0 Å². The first-order chi connectivity index (χ1) is 13.6. The van der Waals surface area contributed by atoms with Gasteiger partial charge in [-0.2, -0.15) is 0 Å². The normalized spacial score (nSPS) is 12.8. The zero-order chi connectivity index (χ0) is 19.9. The second kappa shape index (κ2) is 9.67. The zero-order valence-corrected chi connectivity index (χ0v) is 20.4. The third kappa shape index (κ3) is 4.14. The quantitative estimate of drug-likeness (QED) is 0.309. The topological polar surface area (TPSA) is 0 Å². The molecular formula is C24H26BrPS2. The number of hydrogen-bond acceptors (Lipinski definition) is 2. The summed E-state index contributed by atoms with van der Waals surface area (Å²) in [7, 11) is 0. The van der Waals surface area contributed by atoms with Crippen molar-refractivity contribution in [2.45, 2.75) is 13.8 Å². The molecule has 0 aromatic heterocycles. The molecule has 0 aliphatic carbocycles. The van der Waals surface area contributed by atoms with E-state index in [4.69, 9.17) is 0 Å². The van der Waals surface area contributed by atoms with Crippen molar-refractivity contribution in [3.8, 4) is 0 Å². The molecule has 0 atom stereocenters. The SMILES string of the molecule is CCSC(=CP(Br)(c1ccccc1)(c1ccccc1)c1ccccc1)SCC. The first-order valence-electron chi connectivity index (χ1n) is 9.52. The Morgan fingerprint density at radius 1 is 0.679 bits per heavy atom. The summed E-state index contributed by atoms with van der Waals surface area (Å²) in [4.78, 5) is 0. The van der Waals surface area contributed by atoms with Gasteiger partial charge in [-0.15, -0.1) is 0 Å². The van der Waals surface area contributed by atoms with Crippen LogP contribution in [0.4, 0.5) is 0 Å². The molecule has 0 aliphatic heterocycles. The van der Waals surface area contributed by atoms with Gasteiger partial charge in [-0.1, -0.05) is 0 Å². The molecule has 3 rings (SSSR count). The van der Waals surface area contributed by atoms with Gasteiger partial charge in [0.15, 0.2) is 0 Å². The van der Waals surface area contributed by atoms with Gasteiger partial charge in [-0.3, -0.25) is 0 Å². The predicted octanol–water partition coefficient (Wildman–Crippen LogP) is 7.13. The Morgan fingerprint density at radius 3 is 1.29 bits per heavy atom. The summed E-state index contributed by atoms with van der Waals surface area (Å²) in [6.07, 6.45) is 0. The van der Waals surface area contributed by atoms with Gasteiger partial charge in [0, 0.05) is 0 Å². The molecule has 3 aromatic rings. The number of hydrogen-bond donors (Lipinski definition) is 0. The average molecular weight is 489 g/mol. The Bertz CT molecular complexity index is 804. The Morgan fingerprint density at radius 2 is 1.00 bits per heavy atom. The average Bonchev–Trinajstić information content (AvgIpc) is 2.76. The van der Waals surface area contributed by atoms with Gasteiger partial charge in [0.2, 0.25) is 0 Å². The van der Waals surface area contributed by atoms with Crippen molar-refractivity contribution in [1.82, 2.24) is 0 Å². The number of rotatable bonds is 8. The van der Waals surface area contributed by atoms with Crippen LogP contribution in [0.5, 0.6) is 0 Å². The van der Waals surface area contributed by atoms with Crippen LogP contribution in [0.3, 0.4) is 0 Å². The van der Waals surface area contributed by atoms with Crippen molar-refractivity contribution in [1.29, 1.82) is 0 Å². The van der Waals surface area contributed by atoms with Crippen molar-refractivity contribution >= 4 is 60.2 Å². The molecule has 3 aromatic carbocycles. The molecule has 0 heterocycles. The van der Waals surface area contributed by atoms with Crippen LogP contribution in [0.1, 0.15) is 13.8 Å². The van der Waals surface area contributed by atoms with Gasteiger partial charge in [0.1, 0.15) is 0 Å². The van der Waals surface area contributed by atoms with E-state index in [1.807, 2.05) is 23.5 Å². The molecule has 0 aliphatic rings. The molecule has 0 fully saturated rings. The van der Waals surface area contributed by atoms with Gasteiger partial charge < -0.3 is 0 Å². The van der Waals surface area contributed by atoms with E-state index in [0.717, 1.165) is 11.5 Å². The van der Waals surface area contributed by atoms with Crippen LogP contribution in [0.2, 0.25) is 0 Å². The molecule has 0 amide bonds. The molecule has 0 saturated carbocycles. The molecule has 146 valence electrons. The summed E-state index contributed by atoms with van der Waals surface area (Å²) in [6, 6.07) is 32.8. The fourth-order valence-corrected chi connectivity index (χ4v) is 14.5. The van der Waals surface area contributed by atoms with E-state index in [2.05, 4.69) is 126 Å². The fraction of sp³-hybridized carbons (Fsp3) is 0.167. The van der Waals surface area contributed by atoms with E-state index in [1.165, 1.54) is 20.2 Å². The molecule has 0 bridgehead atoms. The Labute approximate surface area is 185 Å². The van der Waals surface area contributed by atoms with Gasteiger partial charge in [-0.25, -0.2) is 0 Å². The van der Waals surface area contributed by atoms with Crippen molar-refractivity contribution in [2.75, 3.05) is 11.5 Å². The fourth-order valence-electron chi connectivity index (χ4n) is 3.43. The molecule has 28 heavy (non-hydrogen) atoms. The minimum atomic E-state index is -2.97. The summed E-state index contributed by atoms with van der Waals surface area (Å²) >= 11 is 8.36. The minimum absolute atomic E-state index is 1.07. The summed E-state index contributed by atoms with van der Waals surface area (Å²) < 4.78 is 1.39. The van der Waals surface area contributed by atoms with Gasteiger partial charge in [-0.05, 0) is 0 Å². The molecule has 0 N–H and O–H groups in total. The molecular weight excluding hydrogens is 463 g/mol. The molecule has 0 nitrogen and oxygen atoms in total. The Balaban J connectivity index is 2.45. The standard InChI is InChI=1S/C24H26BrPS2/c1-3-27-24(28-4-2)20-26(25,21-14-8-5-9-15-21,22-16-10-6-11-17-22)23-18-12-7-13-19-23/h5-20H,3-4H2,1-2H3. The Kier molecular flexibility index (Phi) is 7.50. The predicted molar refractivity (Wildman–Crippen MR) is 138 cm³/mol. The first-order valence-corrected chi connectivity index (χ1v) is 15.8. The van der Waals surface area contributed by atoms with Crippen molar-refractivity contribution in [3.05, 3.63) is 101 Å². The molecule has 0 saturated heterocycles. The van der Waals surface area contributed by atoms with Gasteiger partial charge in [0.05, 0.1) is 0 Å². The summed E-state index contributed by atoms with van der Waals surface area (Å²) in [6.45, 7) is 4.46. The molecule has 0 unspecified atom stereocenters. The maximum absolute atomic E-state index is 4.49. The van der Waals surface area contributed by atoms with Crippen LogP contribution < -0.4 is 15.9 Å². The zero-order valence-electron chi connectivity index (χ0n) is 16.3. The number of thioether (sulfide) groups is 2. The summed E-state index contributed by atoms with van der Waals surface area (Å²) in [5, 5.41) is 1.02. The van der Waals surface area contributed by atoms with Gasteiger partial charge in [0.25, 0.3) is 0 Å². The third-order valence-corrected chi connectivity index (χ3v) is 16.1. The molecule has 0 radical (unpaired) electrons. The van der Waals surface area contributed by atoms with Crippen molar-refractivity contribution in [3.63, 3.8) is 0 Å². The van der Waals surface area contributed by atoms with Gasteiger partial charge >= 0.3 is 187 Å². The first kappa shape index (κ1) is 21.7. The second-order valence-electron chi connectivity index (χ2n) is 6.39. The van der Waals surface area contributed by atoms with E-state index in [0.29, 0.717) is 0 Å². The van der Waals surface area contributed by atoms with E-state index in [1.54, 1.807) is 0 Å². The van der Waals surface area contributed by atoms with Crippen LogP contribution >= 0.6 is 44.3 Å². The van der Waals surface area contributed by atoms with E-state index in [9.17, 15) is 0 Å². The van der Waals surface area contributed by atoms with Crippen LogP contribution in [-0.2, 0) is 0 Å². The molecule has 4 heteroatoms.